The fraction of sp³-hybridized carbons (Fsp3) is 0.562. The molecule has 0 amide bonds. The van der Waals surface area contributed by atoms with Gasteiger partial charge in [0.1, 0.15) is 5.82 Å². The van der Waals surface area contributed by atoms with Gasteiger partial charge in [-0.25, -0.2) is 9.67 Å². The van der Waals surface area contributed by atoms with Gasteiger partial charge in [-0.3, -0.25) is 0 Å². The summed E-state index contributed by atoms with van der Waals surface area (Å²) in [5.74, 6) is 1.51. The Hall–Kier alpha value is -1.47. The second-order valence-corrected chi connectivity index (χ2v) is 7.04. The van der Waals surface area contributed by atoms with Crippen LogP contribution in [0, 0.1) is 20.8 Å². The Kier molecular flexibility index (Phi) is 4.42. The number of anilines is 1. The molecule has 1 saturated heterocycles. The molecule has 2 aromatic heterocycles. The Balaban J connectivity index is 2.05. The number of nitrogens with zero attached hydrogens (tertiary/aromatic N) is 5. The van der Waals surface area contributed by atoms with E-state index in [1.807, 2.05) is 26.8 Å². The van der Waals surface area contributed by atoms with Crippen LogP contribution in [0.4, 0.5) is 5.82 Å². The lowest BCUT2D eigenvalue weighted by atomic mass is 10.2. The summed E-state index contributed by atoms with van der Waals surface area (Å²) in [7, 11) is 0. The van der Waals surface area contributed by atoms with Crippen molar-refractivity contribution in [2.24, 2.45) is 0 Å². The first-order valence-corrected chi connectivity index (χ1v) is 8.62. The zero-order chi connectivity index (χ0) is 16.7. The summed E-state index contributed by atoms with van der Waals surface area (Å²) in [6, 6.07) is 2.03. The van der Waals surface area contributed by atoms with Crippen molar-refractivity contribution in [1.29, 1.82) is 0 Å². The first-order chi connectivity index (χ1) is 10.8. The number of aryl methyl sites for hydroxylation is 3. The average Bonchev–Trinajstić information content (AvgIpc) is 2.79. The first kappa shape index (κ1) is 16.4. The van der Waals surface area contributed by atoms with E-state index in [1.165, 1.54) is 0 Å². The molecular formula is C16H22BrN5O. The van der Waals surface area contributed by atoms with Gasteiger partial charge in [-0.15, -0.1) is 0 Å². The molecule has 0 unspecified atom stereocenters. The van der Waals surface area contributed by atoms with Gasteiger partial charge < -0.3 is 9.64 Å². The number of aromatic nitrogens is 4. The SMILES string of the molecule is Cc1cc(C)n(-c2nc(C)c(Br)c(N3C[C@@H](C)O[C@H](C)C3)n2)n1. The Morgan fingerprint density at radius 3 is 2.35 bits per heavy atom. The van der Waals surface area contributed by atoms with Crippen molar-refractivity contribution in [3.8, 4) is 5.95 Å². The van der Waals surface area contributed by atoms with Crippen LogP contribution >= 0.6 is 15.9 Å². The maximum Gasteiger partial charge on any atom is 0.253 e. The highest BCUT2D eigenvalue weighted by atomic mass is 79.9. The summed E-state index contributed by atoms with van der Waals surface area (Å²) in [6.45, 7) is 11.8. The molecule has 2 atom stereocenters. The van der Waals surface area contributed by atoms with E-state index in [9.17, 15) is 0 Å². The molecule has 124 valence electrons. The van der Waals surface area contributed by atoms with Crippen molar-refractivity contribution in [3.05, 3.63) is 27.6 Å². The molecule has 0 spiro atoms. The fourth-order valence-corrected chi connectivity index (χ4v) is 3.44. The highest BCUT2D eigenvalue weighted by Gasteiger charge is 2.26. The normalized spacial score (nSPS) is 21.7. The zero-order valence-corrected chi connectivity index (χ0v) is 15.8. The molecule has 0 radical (unpaired) electrons. The van der Waals surface area contributed by atoms with E-state index < -0.39 is 0 Å². The zero-order valence-electron chi connectivity index (χ0n) is 14.2. The lowest BCUT2D eigenvalue weighted by Crippen LogP contribution is -2.46. The van der Waals surface area contributed by atoms with Gasteiger partial charge in [-0.05, 0) is 56.6 Å². The van der Waals surface area contributed by atoms with Crippen LogP contribution in [0.1, 0.15) is 30.9 Å². The van der Waals surface area contributed by atoms with Crippen LogP contribution in [0.3, 0.4) is 0 Å². The minimum atomic E-state index is 0.179. The molecule has 23 heavy (non-hydrogen) atoms. The monoisotopic (exact) mass is 379 g/mol. The summed E-state index contributed by atoms with van der Waals surface area (Å²) in [5.41, 5.74) is 2.89. The van der Waals surface area contributed by atoms with Crippen molar-refractivity contribution < 1.29 is 4.74 Å². The molecule has 2 aromatic rings. The van der Waals surface area contributed by atoms with E-state index in [1.54, 1.807) is 4.68 Å². The van der Waals surface area contributed by atoms with Gasteiger partial charge in [0, 0.05) is 18.8 Å². The van der Waals surface area contributed by atoms with Crippen LogP contribution in [0.25, 0.3) is 5.95 Å². The third-order valence-corrected chi connectivity index (χ3v) is 4.83. The highest BCUT2D eigenvalue weighted by molar-refractivity contribution is 9.10. The molecule has 0 aromatic carbocycles. The van der Waals surface area contributed by atoms with Gasteiger partial charge >= 0.3 is 0 Å². The number of hydrogen-bond acceptors (Lipinski definition) is 5. The maximum atomic E-state index is 5.83. The average molecular weight is 380 g/mol. The van der Waals surface area contributed by atoms with Gasteiger partial charge in [0.2, 0.25) is 0 Å². The third-order valence-electron chi connectivity index (χ3n) is 3.91. The van der Waals surface area contributed by atoms with Crippen molar-refractivity contribution in [2.75, 3.05) is 18.0 Å². The second-order valence-electron chi connectivity index (χ2n) is 6.25. The predicted octanol–water partition coefficient (Wildman–Crippen LogP) is 2.96. The van der Waals surface area contributed by atoms with Crippen LogP contribution in [-0.4, -0.2) is 45.0 Å². The number of hydrogen-bond donors (Lipinski definition) is 0. The minimum absolute atomic E-state index is 0.179. The molecule has 0 bridgehead atoms. The summed E-state index contributed by atoms with van der Waals surface area (Å²) in [6.07, 6.45) is 0.358. The molecule has 0 N–H and O–H groups in total. The largest absolute Gasteiger partial charge is 0.372 e. The molecule has 0 aliphatic carbocycles. The number of morpholine rings is 1. The van der Waals surface area contributed by atoms with Gasteiger partial charge in [0.15, 0.2) is 0 Å². The van der Waals surface area contributed by atoms with Crippen molar-refractivity contribution in [3.63, 3.8) is 0 Å². The van der Waals surface area contributed by atoms with Crippen LogP contribution in [0.15, 0.2) is 10.5 Å². The summed E-state index contributed by atoms with van der Waals surface area (Å²) in [4.78, 5) is 11.6. The van der Waals surface area contributed by atoms with Gasteiger partial charge in [0.25, 0.3) is 5.95 Å². The van der Waals surface area contributed by atoms with Crippen LogP contribution < -0.4 is 4.90 Å². The standard InChI is InChI=1S/C16H22BrN5O/c1-9-6-10(2)22(20-9)16-18-13(5)14(17)15(19-16)21-7-11(3)23-12(4)8-21/h6,11-12H,7-8H2,1-5H3/t11-,12-/m1/s1. The second kappa shape index (κ2) is 6.20. The Bertz CT molecular complexity index is 720. The predicted molar refractivity (Wildman–Crippen MR) is 93.3 cm³/mol. The number of ether oxygens (including phenoxy) is 1. The Labute approximate surface area is 145 Å². The van der Waals surface area contributed by atoms with Crippen molar-refractivity contribution in [1.82, 2.24) is 19.7 Å². The van der Waals surface area contributed by atoms with Crippen molar-refractivity contribution >= 4 is 21.7 Å². The van der Waals surface area contributed by atoms with Gasteiger partial charge in [0.05, 0.1) is 28.1 Å². The number of halogens is 1. The maximum absolute atomic E-state index is 5.83. The summed E-state index contributed by atoms with van der Waals surface area (Å²) in [5, 5.41) is 4.50. The third kappa shape index (κ3) is 3.26. The lowest BCUT2D eigenvalue weighted by molar-refractivity contribution is -0.00551. The molecule has 0 saturated carbocycles. The van der Waals surface area contributed by atoms with Crippen LogP contribution in [-0.2, 0) is 4.74 Å². The smallest absolute Gasteiger partial charge is 0.253 e. The van der Waals surface area contributed by atoms with Crippen LogP contribution in [0.5, 0.6) is 0 Å². The van der Waals surface area contributed by atoms with E-state index >= 15 is 0 Å². The number of rotatable bonds is 2. The van der Waals surface area contributed by atoms with E-state index in [-0.39, 0.29) is 12.2 Å². The van der Waals surface area contributed by atoms with E-state index in [0.717, 1.165) is 40.5 Å². The molecule has 1 aliphatic heterocycles. The lowest BCUT2D eigenvalue weighted by Gasteiger charge is -2.36. The first-order valence-electron chi connectivity index (χ1n) is 7.83. The quantitative estimate of drug-likeness (QED) is 0.802. The van der Waals surface area contributed by atoms with Crippen molar-refractivity contribution in [2.45, 2.75) is 46.8 Å². The Morgan fingerprint density at radius 2 is 1.78 bits per heavy atom. The van der Waals surface area contributed by atoms with E-state index in [2.05, 4.69) is 44.8 Å². The molecular weight excluding hydrogens is 358 g/mol. The topological polar surface area (TPSA) is 56.1 Å². The summed E-state index contributed by atoms with van der Waals surface area (Å²) < 4.78 is 8.56. The van der Waals surface area contributed by atoms with Gasteiger partial charge in [-0.1, -0.05) is 0 Å². The molecule has 7 heteroatoms. The van der Waals surface area contributed by atoms with Gasteiger partial charge in [-0.2, -0.15) is 10.1 Å². The molecule has 1 aliphatic rings. The molecule has 3 rings (SSSR count). The molecule has 1 fully saturated rings. The molecule has 3 heterocycles. The van der Waals surface area contributed by atoms with E-state index in [4.69, 9.17) is 9.72 Å². The Morgan fingerprint density at radius 1 is 1.13 bits per heavy atom. The van der Waals surface area contributed by atoms with E-state index in [0.29, 0.717) is 5.95 Å². The highest BCUT2D eigenvalue weighted by Crippen LogP contribution is 2.29. The summed E-state index contributed by atoms with van der Waals surface area (Å²) >= 11 is 3.65. The minimum Gasteiger partial charge on any atom is -0.372 e. The fourth-order valence-electron chi connectivity index (χ4n) is 3.02. The van der Waals surface area contributed by atoms with Crippen LogP contribution in [0.2, 0.25) is 0 Å². The molecule has 6 nitrogen and oxygen atoms in total.